The highest BCUT2D eigenvalue weighted by Crippen LogP contribution is 2.42. The first-order chi connectivity index (χ1) is 3.92. The number of halogens is 1. The minimum absolute atomic E-state index is 0.646. The van der Waals surface area contributed by atoms with Crippen molar-refractivity contribution >= 4 is 10.4 Å². The van der Waals surface area contributed by atoms with Crippen LogP contribution in [0.5, 0.6) is 0 Å². The maximum absolute atomic E-state index is 12.8. The van der Waals surface area contributed by atoms with E-state index in [-0.39, 0.29) is 0 Å². The van der Waals surface area contributed by atoms with E-state index in [1.165, 1.54) is 0 Å². The Morgan fingerprint density at radius 3 is 1.89 bits per heavy atom. The average molecular weight is 152 g/mol. The molecule has 0 rings (SSSR count). The molecule has 2 heteroatoms. The summed E-state index contributed by atoms with van der Waals surface area (Å²) in [6, 6.07) is 0. The second-order valence-corrected chi connectivity index (χ2v) is 6.50. The topological polar surface area (TPSA) is 0 Å². The molecule has 0 atom stereocenters. The Bertz CT molecular complexity index is 73.5. The second kappa shape index (κ2) is 3.45. The van der Waals surface area contributed by atoms with Gasteiger partial charge in [0.15, 0.2) is 0 Å². The lowest BCUT2D eigenvalue weighted by atomic mass is 10.2. The average Bonchev–Trinajstić information content (AvgIpc) is 1.59. The van der Waals surface area contributed by atoms with Crippen molar-refractivity contribution in [1.29, 1.82) is 0 Å². The Kier molecular flexibility index (Phi) is 3.56. The van der Waals surface area contributed by atoms with E-state index in [9.17, 15) is 3.89 Å². The summed E-state index contributed by atoms with van der Waals surface area (Å²) in [5.74, 6) is 1.41. The third-order valence-corrected chi connectivity index (χ3v) is 2.39. The van der Waals surface area contributed by atoms with Gasteiger partial charge in [0.05, 0.1) is 0 Å². The first kappa shape index (κ1) is 9.28. The second-order valence-electron chi connectivity index (χ2n) is 3.29. The molecule has 0 saturated carbocycles. The summed E-state index contributed by atoms with van der Waals surface area (Å²) >= 11 is 0. The Balaban J connectivity index is 3.28. The molecule has 0 aromatic rings. The van der Waals surface area contributed by atoms with Gasteiger partial charge in [0.25, 0.3) is 0 Å². The monoisotopic (exact) mass is 152 g/mol. The van der Waals surface area contributed by atoms with Gasteiger partial charge in [-0.1, -0.05) is 24.3 Å². The fourth-order valence-corrected chi connectivity index (χ4v) is 1.55. The highest BCUT2D eigenvalue weighted by Gasteiger charge is 2.08. The van der Waals surface area contributed by atoms with Gasteiger partial charge in [-0.2, -0.15) is 3.89 Å². The van der Waals surface area contributed by atoms with E-state index in [1.807, 2.05) is 0 Å². The van der Waals surface area contributed by atoms with Crippen LogP contribution in [0.2, 0.25) is 0 Å². The predicted molar refractivity (Wildman–Crippen MR) is 44.9 cm³/mol. The predicted octanol–water partition coefficient (Wildman–Crippen LogP) is 2.98. The van der Waals surface area contributed by atoms with Crippen LogP contribution in [0.4, 0.5) is 3.89 Å². The lowest BCUT2D eigenvalue weighted by Gasteiger charge is -2.20. The van der Waals surface area contributed by atoms with E-state index >= 15 is 0 Å². The first-order valence-corrected chi connectivity index (χ1v) is 5.84. The van der Waals surface area contributed by atoms with Gasteiger partial charge in [-0.3, -0.25) is 0 Å². The van der Waals surface area contributed by atoms with Crippen LogP contribution < -0.4 is 0 Å². The molecule has 0 amide bonds. The van der Waals surface area contributed by atoms with Crippen LogP contribution in [0.25, 0.3) is 0 Å². The molecule has 0 radical (unpaired) electrons. The summed E-state index contributed by atoms with van der Waals surface area (Å²) in [7, 11) is -1.72. The van der Waals surface area contributed by atoms with E-state index < -0.39 is 10.4 Å². The van der Waals surface area contributed by atoms with Crippen molar-refractivity contribution in [1.82, 2.24) is 0 Å². The quantitative estimate of drug-likeness (QED) is 0.583. The van der Waals surface area contributed by atoms with Crippen LogP contribution in [0.1, 0.15) is 20.3 Å². The summed E-state index contributed by atoms with van der Waals surface area (Å²) < 4.78 is 12.8. The Morgan fingerprint density at radius 1 is 1.33 bits per heavy atom. The van der Waals surface area contributed by atoms with Crippen LogP contribution in [0.3, 0.4) is 0 Å². The molecule has 0 aliphatic heterocycles. The fraction of sp³-hybridized carbons (Fsp3) is 1.00. The van der Waals surface area contributed by atoms with Crippen LogP contribution >= 0.6 is 10.4 Å². The summed E-state index contributed by atoms with van der Waals surface area (Å²) in [6.07, 6.45) is 4.46. The Hall–Kier alpha value is 0.280. The zero-order chi connectivity index (χ0) is 7.49. The largest absolute Gasteiger partial charge is 0.190 e. The molecule has 0 heterocycles. The summed E-state index contributed by atoms with van der Waals surface area (Å²) in [5.41, 5.74) is 0. The third kappa shape index (κ3) is 8.28. The maximum atomic E-state index is 12.8. The number of hydrogen-bond acceptors (Lipinski definition) is 0. The van der Waals surface area contributed by atoms with Gasteiger partial charge in [-0.25, -0.2) is 0 Å². The SMILES string of the molecule is CC(C)CCS(C)(C)F. The minimum Gasteiger partial charge on any atom is -0.190 e. The Labute approximate surface area is 59.4 Å². The molecule has 0 bridgehead atoms. The van der Waals surface area contributed by atoms with Gasteiger partial charge in [0.2, 0.25) is 0 Å². The molecule has 0 saturated heterocycles. The molecule has 0 spiro atoms. The van der Waals surface area contributed by atoms with Crippen molar-refractivity contribution in [2.45, 2.75) is 20.3 Å². The molecule has 0 aromatic heterocycles. The molecular weight excluding hydrogens is 135 g/mol. The molecule has 0 aliphatic carbocycles. The zero-order valence-electron chi connectivity index (χ0n) is 6.78. The van der Waals surface area contributed by atoms with Gasteiger partial charge in [0.1, 0.15) is 0 Å². The van der Waals surface area contributed by atoms with Crippen molar-refractivity contribution < 1.29 is 3.89 Å². The molecule has 9 heavy (non-hydrogen) atoms. The highest BCUT2D eigenvalue weighted by atomic mass is 32.3. The van der Waals surface area contributed by atoms with E-state index in [0.717, 1.165) is 12.2 Å². The van der Waals surface area contributed by atoms with Crippen molar-refractivity contribution in [3.63, 3.8) is 0 Å². The van der Waals surface area contributed by atoms with Gasteiger partial charge in [0, 0.05) is 5.75 Å². The van der Waals surface area contributed by atoms with Gasteiger partial charge in [-0.15, -0.1) is 0 Å². The fourth-order valence-electron chi connectivity index (χ4n) is 0.516. The van der Waals surface area contributed by atoms with E-state index in [1.54, 1.807) is 12.5 Å². The normalized spacial score (nSPS) is 14.4. The van der Waals surface area contributed by atoms with E-state index in [0.29, 0.717) is 5.92 Å². The molecule has 0 N–H and O–H groups in total. The molecule has 0 fully saturated rings. The Morgan fingerprint density at radius 2 is 1.78 bits per heavy atom. The van der Waals surface area contributed by atoms with Crippen molar-refractivity contribution in [3.05, 3.63) is 0 Å². The van der Waals surface area contributed by atoms with Gasteiger partial charge in [-0.05, 0) is 24.9 Å². The van der Waals surface area contributed by atoms with Crippen LogP contribution in [0.15, 0.2) is 0 Å². The summed E-state index contributed by atoms with van der Waals surface area (Å²) in [6.45, 7) is 4.26. The molecule has 0 aliphatic rings. The highest BCUT2D eigenvalue weighted by molar-refractivity contribution is 8.28. The van der Waals surface area contributed by atoms with Gasteiger partial charge < -0.3 is 0 Å². The first-order valence-electron chi connectivity index (χ1n) is 3.32. The van der Waals surface area contributed by atoms with Crippen molar-refractivity contribution in [2.75, 3.05) is 18.3 Å². The minimum atomic E-state index is -1.72. The van der Waals surface area contributed by atoms with E-state index in [4.69, 9.17) is 0 Å². The zero-order valence-corrected chi connectivity index (χ0v) is 7.59. The lowest BCUT2D eigenvalue weighted by Crippen LogP contribution is -1.98. The molecule has 58 valence electrons. The third-order valence-electron chi connectivity index (χ3n) is 1.18. The molecule has 0 unspecified atom stereocenters. The number of rotatable bonds is 3. The van der Waals surface area contributed by atoms with Crippen molar-refractivity contribution in [2.24, 2.45) is 5.92 Å². The maximum Gasteiger partial charge on any atom is 0.00328 e. The van der Waals surface area contributed by atoms with Crippen LogP contribution in [-0.4, -0.2) is 18.3 Å². The standard InChI is InChI=1S/C7H17FS/c1-7(2)5-6-9(3,4)8/h7H,5-6H2,1-4H3. The smallest absolute Gasteiger partial charge is 0.00328 e. The van der Waals surface area contributed by atoms with Crippen molar-refractivity contribution in [3.8, 4) is 0 Å². The van der Waals surface area contributed by atoms with Gasteiger partial charge >= 0.3 is 0 Å². The summed E-state index contributed by atoms with van der Waals surface area (Å²) in [5, 5.41) is 0. The molecular formula is C7H17FS. The molecule has 0 aromatic carbocycles. The van der Waals surface area contributed by atoms with Crippen LogP contribution in [-0.2, 0) is 0 Å². The van der Waals surface area contributed by atoms with Crippen LogP contribution in [0, 0.1) is 5.92 Å². The molecule has 0 nitrogen and oxygen atoms in total. The summed E-state index contributed by atoms with van der Waals surface area (Å²) in [4.78, 5) is 0. The number of hydrogen-bond donors (Lipinski definition) is 0. The van der Waals surface area contributed by atoms with E-state index in [2.05, 4.69) is 13.8 Å². The lowest BCUT2D eigenvalue weighted by molar-refractivity contribution is 0.626.